The number of aliphatic hydroxyl groups is 1. The number of aromatic nitrogens is 1. The predicted octanol–water partition coefficient (Wildman–Crippen LogP) is 3.49. The number of halogens is 4. The second-order valence-corrected chi connectivity index (χ2v) is 6.15. The van der Waals surface area contributed by atoms with Gasteiger partial charge in [0.15, 0.2) is 12.6 Å². The highest BCUT2D eigenvalue weighted by molar-refractivity contribution is 14.0. The van der Waals surface area contributed by atoms with Gasteiger partial charge in [0.05, 0.1) is 6.54 Å². The third-order valence-corrected chi connectivity index (χ3v) is 3.74. The zero-order chi connectivity index (χ0) is 20.1. The maximum absolute atomic E-state index is 12.1. The fraction of sp³-hybridized carbons (Fsp3) is 0.667. The Labute approximate surface area is 181 Å². The molecular weight excluding hydrogens is 488 g/mol. The molecule has 1 heterocycles. The van der Waals surface area contributed by atoms with Crippen LogP contribution in [0.5, 0.6) is 5.88 Å². The largest absolute Gasteiger partial charge is 0.468 e. The third kappa shape index (κ3) is 12.2. The Morgan fingerprint density at radius 3 is 2.54 bits per heavy atom. The molecule has 0 amide bonds. The van der Waals surface area contributed by atoms with E-state index < -0.39 is 12.8 Å². The predicted molar refractivity (Wildman–Crippen MR) is 114 cm³/mol. The molecule has 0 aliphatic rings. The first-order chi connectivity index (χ1) is 12.9. The fourth-order valence-corrected chi connectivity index (χ4v) is 2.44. The molecule has 0 bridgehead atoms. The van der Waals surface area contributed by atoms with Gasteiger partial charge < -0.3 is 20.5 Å². The Bertz CT molecular complexity index is 551. The van der Waals surface area contributed by atoms with Crippen molar-refractivity contribution in [2.24, 2.45) is 10.9 Å². The molecule has 1 unspecified atom stereocenters. The van der Waals surface area contributed by atoms with Crippen LogP contribution in [0, 0.1) is 5.92 Å². The van der Waals surface area contributed by atoms with Crippen molar-refractivity contribution in [3.63, 3.8) is 0 Å². The molecule has 10 heteroatoms. The molecule has 3 N–H and O–H groups in total. The number of aliphatic hydroxyl groups excluding tert-OH is 1. The second-order valence-electron chi connectivity index (χ2n) is 6.15. The van der Waals surface area contributed by atoms with Gasteiger partial charge in [-0.2, -0.15) is 13.2 Å². The fourth-order valence-electron chi connectivity index (χ4n) is 2.44. The number of guanidine groups is 1. The highest BCUT2D eigenvalue weighted by Gasteiger charge is 2.28. The first-order valence-corrected chi connectivity index (χ1v) is 9.15. The summed E-state index contributed by atoms with van der Waals surface area (Å²) in [4.78, 5) is 8.33. The molecule has 6 nitrogen and oxygen atoms in total. The molecule has 0 spiro atoms. The molecule has 0 aliphatic carbocycles. The van der Waals surface area contributed by atoms with Crippen LogP contribution < -0.4 is 15.4 Å². The molecule has 0 aromatic carbocycles. The number of hydrogen-bond donors (Lipinski definition) is 3. The van der Waals surface area contributed by atoms with E-state index in [-0.39, 0.29) is 36.5 Å². The van der Waals surface area contributed by atoms with Crippen LogP contribution in [-0.4, -0.2) is 48.5 Å². The summed E-state index contributed by atoms with van der Waals surface area (Å²) in [7, 11) is 0. The van der Waals surface area contributed by atoms with Gasteiger partial charge in [0.25, 0.3) is 0 Å². The third-order valence-electron chi connectivity index (χ3n) is 3.74. The summed E-state index contributed by atoms with van der Waals surface area (Å²) in [5.41, 5.74) is 0.757. The summed E-state index contributed by atoms with van der Waals surface area (Å²) < 4.78 is 41.0. The van der Waals surface area contributed by atoms with Crippen molar-refractivity contribution >= 4 is 29.9 Å². The van der Waals surface area contributed by atoms with Gasteiger partial charge in [0, 0.05) is 32.0 Å². The summed E-state index contributed by atoms with van der Waals surface area (Å²) >= 11 is 0. The average molecular weight is 518 g/mol. The topological polar surface area (TPSA) is 78.8 Å². The maximum Gasteiger partial charge on any atom is 0.422 e. The van der Waals surface area contributed by atoms with Crippen molar-refractivity contribution < 1.29 is 23.0 Å². The van der Waals surface area contributed by atoms with Crippen molar-refractivity contribution in [2.45, 2.75) is 45.8 Å². The van der Waals surface area contributed by atoms with Crippen LogP contribution in [0.2, 0.25) is 0 Å². The number of nitrogens with zero attached hydrogens (tertiary/aromatic N) is 2. The number of nitrogens with one attached hydrogen (secondary N) is 2. The molecule has 0 saturated heterocycles. The lowest BCUT2D eigenvalue weighted by Gasteiger charge is -2.18. The van der Waals surface area contributed by atoms with E-state index in [1.54, 1.807) is 6.07 Å². The van der Waals surface area contributed by atoms with E-state index in [9.17, 15) is 13.2 Å². The van der Waals surface area contributed by atoms with Crippen molar-refractivity contribution in [1.82, 2.24) is 15.6 Å². The highest BCUT2D eigenvalue weighted by atomic mass is 127. The van der Waals surface area contributed by atoms with E-state index in [1.807, 2.05) is 6.92 Å². The lowest BCUT2D eigenvalue weighted by molar-refractivity contribution is -0.154. The van der Waals surface area contributed by atoms with E-state index in [2.05, 4.69) is 32.3 Å². The molecule has 0 aliphatic heterocycles. The first kappa shape index (κ1) is 26.7. The van der Waals surface area contributed by atoms with Crippen LogP contribution in [0.1, 0.15) is 38.7 Å². The Balaban J connectivity index is 0.00000729. The Morgan fingerprint density at radius 1 is 1.25 bits per heavy atom. The summed E-state index contributed by atoms with van der Waals surface area (Å²) in [5.74, 6) is 0.945. The van der Waals surface area contributed by atoms with Crippen LogP contribution >= 0.6 is 24.0 Å². The summed E-state index contributed by atoms with van der Waals surface area (Å²) in [6.07, 6.45) is -0.124. The molecule has 162 valence electrons. The van der Waals surface area contributed by atoms with Gasteiger partial charge >= 0.3 is 6.18 Å². The molecule has 0 fully saturated rings. The summed E-state index contributed by atoms with van der Waals surface area (Å²) in [5, 5.41) is 15.5. The van der Waals surface area contributed by atoms with E-state index in [0.717, 1.165) is 24.8 Å². The normalized spacial score (nSPS) is 12.9. The van der Waals surface area contributed by atoms with E-state index in [4.69, 9.17) is 5.11 Å². The number of alkyl halides is 3. The van der Waals surface area contributed by atoms with E-state index in [1.165, 1.54) is 12.3 Å². The Morgan fingerprint density at radius 2 is 2.00 bits per heavy atom. The summed E-state index contributed by atoms with van der Waals surface area (Å²) in [6, 6.07) is 3.03. The van der Waals surface area contributed by atoms with E-state index >= 15 is 0 Å². The number of aliphatic imine (C=N–C) groups is 1. The average Bonchev–Trinajstić information content (AvgIpc) is 2.62. The number of pyridine rings is 1. The van der Waals surface area contributed by atoms with Crippen LogP contribution in [0.3, 0.4) is 0 Å². The molecule has 1 aromatic heterocycles. The van der Waals surface area contributed by atoms with Gasteiger partial charge in [-0.1, -0.05) is 19.4 Å². The van der Waals surface area contributed by atoms with Crippen LogP contribution in [0.25, 0.3) is 0 Å². The molecule has 28 heavy (non-hydrogen) atoms. The minimum Gasteiger partial charge on any atom is -0.468 e. The Hall–Kier alpha value is -1.30. The van der Waals surface area contributed by atoms with Gasteiger partial charge in [-0.05, 0) is 31.2 Å². The minimum absolute atomic E-state index is 0. The van der Waals surface area contributed by atoms with Crippen molar-refractivity contribution in [3.8, 4) is 5.88 Å². The number of hydrogen-bond acceptors (Lipinski definition) is 4. The van der Waals surface area contributed by atoms with E-state index in [0.29, 0.717) is 31.5 Å². The zero-order valence-corrected chi connectivity index (χ0v) is 18.6. The van der Waals surface area contributed by atoms with Crippen LogP contribution in [0.4, 0.5) is 13.2 Å². The molecule has 0 saturated carbocycles. The highest BCUT2D eigenvalue weighted by Crippen LogP contribution is 2.17. The molecule has 1 atom stereocenters. The van der Waals surface area contributed by atoms with Gasteiger partial charge in [0.2, 0.25) is 5.88 Å². The Kier molecular flexibility index (Phi) is 14.0. The number of ether oxygens (including phenoxy) is 1. The minimum atomic E-state index is -4.39. The smallest absolute Gasteiger partial charge is 0.422 e. The van der Waals surface area contributed by atoms with Crippen LogP contribution in [0.15, 0.2) is 23.3 Å². The summed E-state index contributed by atoms with van der Waals surface area (Å²) in [6.45, 7) is 4.62. The first-order valence-electron chi connectivity index (χ1n) is 9.15. The second kappa shape index (κ2) is 14.7. The van der Waals surface area contributed by atoms with Crippen molar-refractivity contribution in [2.75, 3.05) is 26.3 Å². The SMILES string of the molecule is CCCC(CCO)CNC(=NCc1ccc(OCC(F)(F)F)nc1)NCC.I. The molecule has 1 aromatic rings. The monoisotopic (exact) mass is 518 g/mol. The van der Waals surface area contributed by atoms with Crippen LogP contribution in [-0.2, 0) is 6.54 Å². The van der Waals surface area contributed by atoms with Gasteiger partial charge in [0.1, 0.15) is 0 Å². The molecule has 0 radical (unpaired) electrons. The molecular formula is C18H30F3IN4O2. The van der Waals surface area contributed by atoms with Gasteiger partial charge in [-0.25, -0.2) is 9.98 Å². The van der Waals surface area contributed by atoms with Crippen molar-refractivity contribution in [1.29, 1.82) is 0 Å². The lowest BCUT2D eigenvalue weighted by atomic mass is 10.0. The quantitative estimate of drug-likeness (QED) is 0.238. The van der Waals surface area contributed by atoms with Gasteiger partial charge in [-0.3, -0.25) is 0 Å². The molecule has 1 rings (SSSR count). The lowest BCUT2D eigenvalue weighted by Crippen LogP contribution is -2.40. The zero-order valence-electron chi connectivity index (χ0n) is 16.3. The maximum atomic E-state index is 12.1. The number of rotatable bonds is 11. The van der Waals surface area contributed by atoms with Gasteiger partial charge in [-0.15, -0.1) is 24.0 Å². The standard InChI is InChI=1S/C18H29F3N4O2.HI/c1-3-5-14(8-9-26)10-24-17(22-4-2)25-12-15-6-7-16(23-11-15)27-13-18(19,20)21;/h6-7,11,14,26H,3-5,8-10,12-13H2,1-2H3,(H2,22,24,25);1H. The van der Waals surface area contributed by atoms with Crippen molar-refractivity contribution in [3.05, 3.63) is 23.9 Å².